The van der Waals surface area contributed by atoms with E-state index in [0.29, 0.717) is 32.1 Å². The third kappa shape index (κ3) is 5.63. The third-order valence-corrected chi connectivity index (χ3v) is 5.62. The molecule has 1 amide bonds. The maximum atomic E-state index is 13.0. The molecule has 3 atom stereocenters. The topological polar surface area (TPSA) is 95.7 Å². The van der Waals surface area contributed by atoms with Crippen LogP contribution in [0, 0.1) is 10.1 Å². The van der Waals surface area contributed by atoms with Gasteiger partial charge in [-0.2, -0.15) is 13.2 Å². The number of nitrogens with zero attached hydrogens (tertiary/aromatic N) is 2. The lowest BCUT2D eigenvalue weighted by molar-refractivity contribution is -0.385. The van der Waals surface area contributed by atoms with Gasteiger partial charge in [0.1, 0.15) is 0 Å². The van der Waals surface area contributed by atoms with Crippen molar-refractivity contribution in [3.63, 3.8) is 0 Å². The summed E-state index contributed by atoms with van der Waals surface area (Å²) >= 11 is 0. The number of hydrogen-bond acceptors (Lipinski definition) is 5. The van der Waals surface area contributed by atoms with Gasteiger partial charge in [-0.3, -0.25) is 19.8 Å². The number of carbonyl (C=O) groups excluding carboxylic acids is 1. The predicted octanol–water partition coefficient (Wildman–Crippen LogP) is 3.64. The van der Waals surface area contributed by atoms with Crippen LogP contribution in [0.25, 0.3) is 0 Å². The summed E-state index contributed by atoms with van der Waals surface area (Å²) in [5, 5.41) is 24.1. The van der Waals surface area contributed by atoms with Crippen molar-refractivity contribution in [3.8, 4) is 0 Å². The molecule has 0 saturated carbocycles. The number of hydrogen-bond donors (Lipinski definition) is 2. The SMILES string of the molecule is CC(C(=O)NC(CN1CCC(O)C1)c1ccccc1)c1ccc(C(F)(F)F)cc1[N+](=O)[O-]. The number of benzene rings is 2. The number of nitrogens with one attached hydrogen (secondary N) is 1. The van der Waals surface area contributed by atoms with Gasteiger partial charge in [-0.05, 0) is 25.0 Å². The first kappa shape index (κ1) is 23.7. The van der Waals surface area contributed by atoms with E-state index in [0.717, 1.165) is 17.7 Å². The first-order valence-electron chi connectivity index (χ1n) is 10.2. The van der Waals surface area contributed by atoms with E-state index < -0.39 is 46.3 Å². The summed E-state index contributed by atoms with van der Waals surface area (Å²) in [6.07, 6.45) is -4.53. The second kappa shape index (κ2) is 9.66. The Bertz CT molecular complexity index is 969. The Balaban J connectivity index is 1.83. The summed E-state index contributed by atoms with van der Waals surface area (Å²) in [6.45, 7) is 2.99. The molecule has 1 aliphatic heterocycles. The highest BCUT2D eigenvalue weighted by atomic mass is 19.4. The van der Waals surface area contributed by atoms with Gasteiger partial charge in [0.2, 0.25) is 5.91 Å². The number of carbonyl (C=O) groups is 1. The van der Waals surface area contributed by atoms with Gasteiger partial charge in [-0.1, -0.05) is 36.4 Å². The number of β-amino-alcohol motifs (C(OH)–C–C–N with tert-alkyl or cyclic N) is 1. The van der Waals surface area contributed by atoms with Gasteiger partial charge in [0.25, 0.3) is 5.69 Å². The molecule has 1 aliphatic rings. The van der Waals surface area contributed by atoms with E-state index in [1.54, 1.807) is 0 Å². The lowest BCUT2D eigenvalue weighted by atomic mass is 9.95. The van der Waals surface area contributed by atoms with E-state index in [4.69, 9.17) is 0 Å². The Hall–Kier alpha value is -2.98. The Labute approximate surface area is 183 Å². The van der Waals surface area contributed by atoms with Gasteiger partial charge in [0, 0.05) is 31.3 Å². The van der Waals surface area contributed by atoms with E-state index in [9.17, 15) is 33.2 Å². The maximum Gasteiger partial charge on any atom is 0.416 e. The second-order valence-electron chi connectivity index (χ2n) is 7.92. The van der Waals surface area contributed by atoms with Crippen LogP contribution in [0.2, 0.25) is 0 Å². The molecule has 1 saturated heterocycles. The number of likely N-dealkylation sites (tertiary alicyclic amines) is 1. The van der Waals surface area contributed by atoms with Crippen LogP contribution in [0.4, 0.5) is 18.9 Å². The molecule has 1 fully saturated rings. The van der Waals surface area contributed by atoms with Crippen molar-refractivity contribution in [1.82, 2.24) is 10.2 Å². The van der Waals surface area contributed by atoms with Crippen molar-refractivity contribution in [2.75, 3.05) is 19.6 Å². The van der Waals surface area contributed by atoms with Crippen molar-refractivity contribution < 1.29 is 28.0 Å². The molecule has 0 aromatic heterocycles. The Morgan fingerprint density at radius 1 is 1.28 bits per heavy atom. The van der Waals surface area contributed by atoms with E-state index in [2.05, 4.69) is 5.32 Å². The molecule has 7 nitrogen and oxygen atoms in total. The van der Waals surface area contributed by atoms with Crippen molar-refractivity contribution >= 4 is 11.6 Å². The van der Waals surface area contributed by atoms with Crippen molar-refractivity contribution in [1.29, 1.82) is 0 Å². The van der Waals surface area contributed by atoms with Crippen LogP contribution in [0.3, 0.4) is 0 Å². The Morgan fingerprint density at radius 2 is 1.97 bits per heavy atom. The summed E-state index contributed by atoms with van der Waals surface area (Å²) in [5.41, 5.74) is -1.17. The molecule has 2 N–H and O–H groups in total. The highest BCUT2D eigenvalue weighted by Gasteiger charge is 2.35. The van der Waals surface area contributed by atoms with E-state index >= 15 is 0 Å². The molecule has 0 bridgehead atoms. The zero-order chi connectivity index (χ0) is 23.5. The van der Waals surface area contributed by atoms with Gasteiger partial charge < -0.3 is 10.4 Å². The van der Waals surface area contributed by atoms with Gasteiger partial charge >= 0.3 is 6.18 Å². The summed E-state index contributed by atoms with van der Waals surface area (Å²) in [6, 6.07) is 10.9. The van der Waals surface area contributed by atoms with Crippen LogP contribution in [0.5, 0.6) is 0 Å². The molecular weight excluding hydrogens is 427 g/mol. The third-order valence-electron chi connectivity index (χ3n) is 5.62. The number of nitro benzene ring substituents is 1. The number of rotatable bonds is 7. The molecule has 3 unspecified atom stereocenters. The quantitative estimate of drug-likeness (QED) is 0.495. The van der Waals surface area contributed by atoms with Crippen LogP contribution < -0.4 is 5.32 Å². The lowest BCUT2D eigenvalue weighted by Gasteiger charge is -2.26. The van der Waals surface area contributed by atoms with Crippen LogP contribution in [0.1, 0.15) is 42.0 Å². The summed E-state index contributed by atoms with van der Waals surface area (Å²) in [5.74, 6) is -1.59. The van der Waals surface area contributed by atoms with E-state index in [-0.39, 0.29) is 5.56 Å². The average molecular weight is 451 g/mol. The number of halogens is 3. The molecule has 0 aliphatic carbocycles. The van der Waals surface area contributed by atoms with Crippen molar-refractivity contribution in [2.45, 2.75) is 37.6 Å². The Kier molecular flexibility index (Phi) is 7.15. The highest BCUT2D eigenvalue weighted by molar-refractivity contribution is 5.85. The van der Waals surface area contributed by atoms with Crippen LogP contribution in [-0.2, 0) is 11.0 Å². The van der Waals surface area contributed by atoms with E-state index in [1.165, 1.54) is 6.92 Å². The van der Waals surface area contributed by atoms with Crippen LogP contribution in [-0.4, -0.2) is 46.6 Å². The minimum absolute atomic E-state index is 0.0936. The monoisotopic (exact) mass is 451 g/mol. The molecule has 2 aromatic carbocycles. The average Bonchev–Trinajstić information content (AvgIpc) is 3.16. The van der Waals surface area contributed by atoms with E-state index in [1.807, 2.05) is 35.2 Å². The molecule has 172 valence electrons. The lowest BCUT2D eigenvalue weighted by Crippen LogP contribution is -2.39. The number of amides is 1. The fourth-order valence-corrected chi connectivity index (χ4v) is 3.84. The van der Waals surface area contributed by atoms with Crippen molar-refractivity contribution in [2.24, 2.45) is 0 Å². The summed E-state index contributed by atoms with van der Waals surface area (Å²) in [4.78, 5) is 25.5. The number of nitro groups is 1. The smallest absolute Gasteiger partial charge is 0.392 e. The first-order valence-corrected chi connectivity index (χ1v) is 10.2. The van der Waals surface area contributed by atoms with Crippen LogP contribution >= 0.6 is 0 Å². The minimum atomic E-state index is -4.73. The number of aliphatic hydroxyl groups is 1. The molecule has 1 heterocycles. The minimum Gasteiger partial charge on any atom is -0.392 e. The van der Waals surface area contributed by atoms with Crippen LogP contribution in [0.15, 0.2) is 48.5 Å². The maximum absolute atomic E-state index is 13.0. The first-order chi connectivity index (χ1) is 15.1. The van der Waals surface area contributed by atoms with Gasteiger partial charge in [-0.15, -0.1) is 0 Å². The molecule has 0 spiro atoms. The molecule has 3 rings (SSSR count). The zero-order valence-electron chi connectivity index (χ0n) is 17.4. The molecule has 2 aromatic rings. The fourth-order valence-electron chi connectivity index (χ4n) is 3.84. The Morgan fingerprint density at radius 3 is 2.53 bits per heavy atom. The highest BCUT2D eigenvalue weighted by Crippen LogP contribution is 2.35. The second-order valence-corrected chi connectivity index (χ2v) is 7.92. The molecule has 10 heteroatoms. The largest absolute Gasteiger partial charge is 0.416 e. The molecule has 32 heavy (non-hydrogen) atoms. The number of aliphatic hydroxyl groups excluding tert-OH is 1. The summed E-state index contributed by atoms with van der Waals surface area (Å²) in [7, 11) is 0. The zero-order valence-corrected chi connectivity index (χ0v) is 17.4. The normalized spacial score (nSPS) is 18.8. The summed E-state index contributed by atoms with van der Waals surface area (Å²) < 4.78 is 38.9. The van der Waals surface area contributed by atoms with Gasteiger partial charge in [0.05, 0.1) is 28.6 Å². The molecular formula is C22H24F3N3O4. The standard InChI is InChI=1S/C22H24F3N3O4/c1-14(18-8-7-16(22(23,24)25)11-20(18)28(31)32)21(30)26-19(15-5-3-2-4-6-15)13-27-10-9-17(29)12-27/h2-8,11,14,17,19,29H,9-10,12-13H2,1H3,(H,26,30). The molecule has 0 radical (unpaired) electrons. The van der Waals surface area contributed by atoms with Gasteiger partial charge in [-0.25, -0.2) is 0 Å². The fraction of sp³-hybridized carbons (Fsp3) is 0.409. The predicted molar refractivity (Wildman–Crippen MR) is 111 cm³/mol. The number of alkyl halides is 3. The van der Waals surface area contributed by atoms with Crippen molar-refractivity contribution in [3.05, 3.63) is 75.3 Å². The van der Waals surface area contributed by atoms with Gasteiger partial charge in [0.15, 0.2) is 0 Å².